The van der Waals surface area contributed by atoms with E-state index in [1.54, 1.807) is 0 Å². The molecule has 0 radical (unpaired) electrons. The number of amides is 2. The molecule has 1 aliphatic rings. The molecule has 0 bridgehead atoms. The molecule has 0 spiro atoms. The first kappa shape index (κ1) is 20.7. The number of hydrogen-bond donors (Lipinski definition) is 2. The van der Waals surface area contributed by atoms with E-state index >= 15 is 0 Å². The zero-order chi connectivity index (χ0) is 21.5. The molecule has 1 heterocycles. The van der Waals surface area contributed by atoms with Gasteiger partial charge in [-0.25, -0.2) is 0 Å². The van der Waals surface area contributed by atoms with Gasteiger partial charge < -0.3 is 15.5 Å². The summed E-state index contributed by atoms with van der Waals surface area (Å²) in [4.78, 5) is 26.7. The van der Waals surface area contributed by atoms with Gasteiger partial charge in [-0.05, 0) is 47.4 Å². The minimum atomic E-state index is -0.161. The number of fused-ring (bicyclic) bond motifs is 1. The van der Waals surface area contributed by atoms with Crippen LogP contribution >= 0.6 is 0 Å². The number of nitrogens with one attached hydrogen (secondary N) is 2. The quantitative estimate of drug-likeness (QED) is 0.621. The molecule has 4 rings (SSSR count). The fourth-order valence-corrected chi connectivity index (χ4v) is 3.82. The number of benzene rings is 3. The molecule has 0 aromatic heterocycles. The van der Waals surface area contributed by atoms with Gasteiger partial charge in [-0.1, -0.05) is 54.6 Å². The summed E-state index contributed by atoms with van der Waals surface area (Å²) in [6.07, 6.45) is 1.29. The van der Waals surface area contributed by atoms with Crippen LogP contribution in [0.5, 0.6) is 0 Å². The molecular formula is C26H27N3O2. The number of nitrogens with zero attached hydrogens (tertiary/aromatic N) is 1. The maximum atomic E-state index is 12.4. The summed E-state index contributed by atoms with van der Waals surface area (Å²) in [5, 5.41) is 5.69. The van der Waals surface area contributed by atoms with Crippen molar-refractivity contribution in [2.45, 2.75) is 25.9 Å². The van der Waals surface area contributed by atoms with Crippen molar-refractivity contribution in [2.75, 3.05) is 18.0 Å². The Morgan fingerprint density at radius 3 is 2.29 bits per heavy atom. The fraction of sp³-hybridized carbons (Fsp3) is 0.231. The monoisotopic (exact) mass is 413 g/mol. The van der Waals surface area contributed by atoms with Gasteiger partial charge in [-0.2, -0.15) is 0 Å². The summed E-state index contributed by atoms with van der Waals surface area (Å²) in [5.41, 5.74) is 5.55. The molecule has 0 saturated carbocycles. The Kier molecular flexibility index (Phi) is 6.62. The average Bonchev–Trinajstić information content (AvgIpc) is 2.83. The summed E-state index contributed by atoms with van der Waals surface area (Å²) in [6.45, 7) is 2.67. The molecule has 2 N–H and O–H groups in total. The SMILES string of the molecule is O=C(CCNC(=O)c1ccc(N2CCc3ccccc3C2)cc1)NCc1ccccc1. The van der Waals surface area contributed by atoms with Crippen LogP contribution in [0.25, 0.3) is 0 Å². The van der Waals surface area contributed by atoms with Gasteiger partial charge in [0.25, 0.3) is 5.91 Å². The van der Waals surface area contributed by atoms with E-state index in [0.717, 1.165) is 30.8 Å². The predicted octanol–water partition coefficient (Wildman–Crippen LogP) is 3.69. The van der Waals surface area contributed by atoms with Crippen molar-refractivity contribution in [2.24, 2.45) is 0 Å². The molecule has 5 heteroatoms. The molecule has 0 fully saturated rings. The molecule has 31 heavy (non-hydrogen) atoms. The lowest BCUT2D eigenvalue weighted by atomic mass is 9.99. The predicted molar refractivity (Wildman–Crippen MR) is 123 cm³/mol. The van der Waals surface area contributed by atoms with E-state index in [-0.39, 0.29) is 18.2 Å². The second kappa shape index (κ2) is 9.94. The van der Waals surface area contributed by atoms with Gasteiger partial charge in [0.05, 0.1) is 0 Å². The first-order chi connectivity index (χ1) is 15.2. The molecule has 3 aromatic carbocycles. The largest absolute Gasteiger partial charge is 0.367 e. The number of hydrogen-bond acceptors (Lipinski definition) is 3. The van der Waals surface area contributed by atoms with Gasteiger partial charge in [-0.3, -0.25) is 9.59 Å². The summed E-state index contributed by atoms with van der Waals surface area (Å²) < 4.78 is 0. The molecule has 1 aliphatic heterocycles. The van der Waals surface area contributed by atoms with Gasteiger partial charge in [0.1, 0.15) is 0 Å². The molecule has 0 unspecified atom stereocenters. The Hall–Kier alpha value is -3.60. The van der Waals surface area contributed by atoms with Crippen LogP contribution in [0.1, 0.15) is 33.5 Å². The Balaban J connectivity index is 1.23. The third kappa shape index (κ3) is 5.51. The lowest BCUT2D eigenvalue weighted by Crippen LogP contribution is -2.31. The van der Waals surface area contributed by atoms with Crippen molar-refractivity contribution in [3.05, 3.63) is 101 Å². The van der Waals surface area contributed by atoms with Gasteiger partial charge in [-0.15, -0.1) is 0 Å². The first-order valence-electron chi connectivity index (χ1n) is 10.7. The molecular weight excluding hydrogens is 386 g/mol. The highest BCUT2D eigenvalue weighted by atomic mass is 16.2. The molecule has 3 aromatic rings. The van der Waals surface area contributed by atoms with Crippen molar-refractivity contribution in [1.29, 1.82) is 0 Å². The highest BCUT2D eigenvalue weighted by Crippen LogP contribution is 2.24. The second-order valence-electron chi connectivity index (χ2n) is 7.76. The topological polar surface area (TPSA) is 61.4 Å². The molecule has 5 nitrogen and oxygen atoms in total. The Morgan fingerprint density at radius 1 is 0.806 bits per heavy atom. The molecule has 0 aliphatic carbocycles. The van der Waals surface area contributed by atoms with E-state index in [0.29, 0.717) is 18.7 Å². The summed E-state index contributed by atoms with van der Waals surface area (Å²) in [5.74, 6) is -0.240. The number of carbonyl (C=O) groups is 2. The zero-order valence-corrected chi connectivity index (χ0v) is 17.5. The van der Waals surface area contributed by atoms with E-state index in [4.69, 9.17) is 0 Å². The highest BCUT2D eigenvalue weighted by molar-refractivity contribution is 5.94. The Morgan fingerprint density at radius 2 is 1.52 bits per heavy atom. The summed E-state index contributed by atoms with van der Waals surface area (Å²) in [7, 11) is 0. The van der Waals surface area contributed by atoms with E-state index < -0.39 is 0 Å². The third-order valence-electron chi connectivity index (χ3n) is 5.60. The van der Waals surface area contributed by atoms with E-state index in [9.17, 15) is 9.59 Å². The van der Waals surface area contributed by atoms with E-state index in [1.165, 1.54) is 11.1 Å². The van der Waals surface area contributed by atoms with Crippen molar-refractivity contribution < 1.29 is 9.59 Å². The van der Waals surface area contributed by atoms with Crippen molar-refractivity contribution in [3.63, 3.8) is 0 Å². The fourth-order valence-electron chi connectivity index (χ4n) is 3.82. The average molecular weight is 414 g/mol. The number of carbonyl (C=O) groups excluding carboxylic acids is 2. The Bertz CT molecular complexity index is 1030. The van der Waals surface area contributed by atoms with E-state index in [2.05, 4.69) is 39.8 Å². The molecule has 2 amide bonds. The molecule has 0 atom stereocenters. The maximum Gasteiger partial charge on any atom is 0.251 e. The summed E-state index contributed by atoms with van der Waals surface area (Å²) in [6, 6.07) is 26.0. The minimum Gasteiger partial charge on any atom is -0.367 e. The second-order valence-corrected chi connectivity index (χ2v) is 7.76. The minimum absolute atomic E-state index is 0.0788. The maximum absolute atomic E-state index is 12.4. The van der Waals surface area contributed by atoms with Gasteiger partial charge in [0.15, 0.2) is 0 Å². The van der Waals surface area contributed by atoms with Gasteiger partial charge in [0.2, 0.25) is 5.91 Å². The van der Waals surface area contributed by atoms with Crippen molar-refractivity contribution in [3.8, 4) is 0 Å². The van der Waals surface area contributed by atoms with Crippen LogP contribution in [0.15, 0.2) is 78.9 Å². The normalized spacial score (nSPS) is 12.7. The van der Waals surface area contributed by atoms with Crippen LogP contribution in [0.2, 0.25) is 0 Å². The number of anilines is 1. The highest BCUT2D eigenvalue weighted by Gasteiger charge is 2.16. The van der Waals surface area contributed by atoms with E-state index in [1.807, 2.05) is 54.6 Å². The molecule has 0 saturated heterocycles. The Labute approximate surface area is 183 Å². The standard InChI is InChI=1S/C26H27N3O2/c30-25(28-18-20-6-2-1-3-7-20)14-16-27-26(31)22-10-12-24(13-11-22)29-17-15-21-8-4-5-9-23(21)19-29/h1-13H,14-19H2,(H,27,31)(H,28,30). The van der Waals surface area contributed by atoms with Crippen LogP contribution < -0.4 is 15.5 Å². The summed E-state index contributed by atoms with van der Waals surface area (Å²) >= 11 is 0. The van der Waals surface area contributed by atoms with Crippen LogP contribution in [0.3, 0.4) is 0 Å². The van der Waals surface area contributed by atoms with Crippen LogP contribution in [0, 0.1) is 0 Å². The lowest BCUT2D eigenvalue weighted by Gasteiger charge is -2.30. The third-order valence-corrected chi connectivity index (χ3v) is 5.60. The van der Waals surface area contributed by atoms with Crippen molar-refractivity contribution in [1.82, 2.24) is 10.6 Å². The van der Waals surface area contributed by atoms with Gasteiger partial charge >= 0.3 is 0 Å². The van der Waals surface area contributed by atoms with Gasteiger partial charge in [0, 0.05) is 43.9 Å². The van der Waals surface area contributed by atoms with Crippen LogP contribution in [-0.2, 0) is 24.3 Å². The van der Waals surface area contributed by atoms with Crippen LogP contribution in [0.4, 0.5) is 5.69 Å². The lowest BCUT2D eigenvalue weighted by molar-refractivity contribution is -0.121. The van der Waals surface area contributed by atoms with Crippen molar-refractivity contribution >= 4 is 17.5 Å². The van der Waals surface area contributed by atoms with Crippen LogP contribution in [-0.4, -0.2) is 24.9 Å². The zero-order valence-electron chi connectivity index (χ0n) is 17.5. The molecule has 158 valence electrons. The smallest absolute Gasteiger partial charge is 0.251 e. The number of rotatable bonds is 7. The first-order valence-corrected chi connectivity index (χ1v) is 10.7.